The predicted molar refractivity (Wildman–Crippen MR) is 53.4 cm³/mol. The summed E-state index contributed by atoms with van der Waals surface area (Å²) in [4.78, 5) is 24.6. The average Bonchev–Trinajstić information content (AvgIpc) is 2.65. The first-order valence-corrected chi connectivity index (χ1v) is 4.62. The largest absolute Gasteiger partial charge is 0.348 e. The SMILES string of the molecule is CCC(C)NC(=O)c1ccc(C=O)[nH]1. The smallest absolute Gasteiger partial charge is 0.267 e. The summed E-state index contributed by atoms with van der Waals surface area (Å²) in [6, 6.07) is 3.32. The molecule has 1 amide bonds. The normalized spacial score (nSPS) is 12.1. The van der Waals surface area contributed by atoms with Crippen molar-refractivity contribution in [1.29, 1.82) is 0 Å². The highest BCUT2D eigenvalue weighted by molar-refractivity contribution is 5.93. The second-order valence-corrected chi connectivity index (χ2v) is 3.23. The van der Waals surface area contributed by atoms with Gasteiger partial charge in [-0.15, -0.1) is 0 Å². The van der Waals surface area contributed by atoms with Crippen LogP contribution in [0.3, 0.4) is 0 Å². The number of hydrogen-bond donors (Lipinski definition) is 2. The first-order chi connectivity index (χ1) is 6.67. The number of rotatable bonds is 4. The average molecular weight is 194 g/mol. The zero-order valence-corrected chi connectivity index (χ0v) is 8.33. The van der Waals surface area contributed by atoms with Gasteiger partial charge in [-0.25, -0.2) is 0 Å². The van der Waals surface area contributed by atoms with E-state index in [-0.39, 0.29) is 11.9 Å². The third-order valence-corrected chi connectivity index (χ3v) is 2.07. The summed E-state index contributed by atoms with van der Waals surface area (Å²) in [5.74, 6) is -0.174. The fourth-order valence-corrected chi connectivity index (χ4v) is 1.02. The zero-order valence-electron chi connectivity index (χ0n) is 8.33. The number of amides is 1. The van der Waals surface area contributed by atoms with E-state index in [1.54, 1.807) is 12.1 Å². The van der Waals surface area contributed by atoms with Crippen LogP contribution in [-0.4, -0.2) is 23.2 Å². The molecule has 0 radical (unpaired) electrons. The second-order valence-electron chi connectivity index (χ2n) is 3.23. The van der Waals surface area contributed by atoms with Crippen LogP contribution in [0, 0.1) is 0 Å². The number of carbonyl (C=O) groups excluding carboxylic acids is 2. The van der Waals surface area contributed by atoms with E-state index in [4.69, 9.17) is 0 Å². The fourth-order valence-electron chi connectivity index (χ4n) is 1.02. The molecule has 4 heteroatoms. The summed E-state index contributed by atoms with van der Waals surface area (Å²) in [5.41, 5.74) is 0.840. The standard InChI is InChI=1S/C10H14N2O2/c1-3-7(2)11-10(14)9-5-4-8(6-13)12-9/h4-7,12H,3H2,1-2H3,(H,11,14). The van der Waals surface area contributed by atoms with Gasteiger partial charge in [-0.05, 0) is 25.5 Å². The number of nitrogens with one attached hydrogen (secondary N) is 2. The molecule has 0 aromatic carbocycles. The lowest BCUT2D eigenvalue weighted by atomic mass is 10.2. The Bertz CT molecular complexity index is 331. The van der Waals surface area contributed by atoms with Crippen LogP contribution >= 0.6 is 0 Å². The van der Waals surface area contributed by atoms with Crippen LogP contribution < -0.4 is 5.32 Å². The Hall–Kier alpha value is -1.58. The summed E-state index contributed by atoms with van der Waals surface area (Å²) in [6.45, 7) is 3.93. The number of carbonyl (C=O) groups is 2. The Morgan fingerprint density at radius 2 is 2.36 bits per heavy atom. The van der Waals surface area contributed by atoms with Gasteiger partial charge in [0.2, 0.25) is 0 Å². The summed E-state index contributed by atoms with van der Waals surface area (Å²) in [7, 11) is 0. The molecule has 0 saturated carbocycles. The zero-order chi connectivity index (χ0) is 10.6. The van der Waals surface area contributed by atoms with Crippen LogP contribution in [0.25, 0.3) is 0 Å². The van der Waals surface area contributed by atoms with Crippen molar-refractivity contribution in [2.75, 3.05) is 0 Å². The van der Waals surface area contributed by atoms with E-state index in [0.29, 0.717) is 17.7 Å². The Balaban J connectivity index is 2.64. The molecule has 4 nitrogen and oxygen atoms in total. The van der Waals surface area contributed by atoms with Crippen LogP contribution in [0.15, 0.2) is 12.1 Å². The number of aromatic nitrogens is 1. The Morgan fingerprint density at radius 1 is 1.64 bits per heavy atom. The highest BCUT2D eigenvalue weighted by Gasteiger charge is 2.09. The van der Waals surface area contributed by atoms with Crippen molar-refractivity contribution in [2.24, 2.45) is 0 Å². The van der Waals surface area contributed by atoms with Gasteiger partial charge in [0.25, 0.3) is 5.91 Å². The van der Waals surface area contributed by atoms with E-state index in [2.05, 4.69) is 10.3 Å². The van der Waals surface area contributed by atoms with Gasteiger partial charge >= 0.3 is 0 Å². The van der Waals surface area contributed by atoms with Gasteiger partial charge in [-0.2, -0.15) is 0 Å². The van der Waals surface area contributed by atoms with Gasteiger partial charge in [-0.3, -0.25) is 9.59 Å². The predicted octanol–water partition coefficient (Wildman–Crippen LogP) is 1.36. The molecule has 0 fully saturated rings. The molecule has 0 spiro atoms. The van der Waals surface area contributed by atoms with Gasteiger partial charge in [-0.1, -0.05) is 6.92 Å². The van der Waals surface area contributed by atoms with Crippen molar-refractivity contribution in [3.63, 3.8) is 0 Å². The van der Waals surface area contributed by atoms with Crippen LogP contribution in [0.4, 0.5) is 0 Å². The van der Waals surface area contributed by atoms with Crippen molar-refractivity contribution >= 4 is 12.2 Å². The number of H-pyrrole nitrogens is 1. The molecule has 76 valence electrons. The summed E-state index contributed by atoms with van der Waals surface area (Å²) in [6.07, 6.45) is 1.56. The van der Waals surface area contributed by atoms with E-state index in [1.165, 1.54) is 0 Å². The summed E-state index contributed by atoms with van der Waals surface area (Å²) >= 11 is 0. The third kappa shape index (κ3) is 2.45. The molecule has 1 atom stereocenters. The lowest BCUT2D eigenvalue weighted by Crippen LogP contribution is -2.32. The van der Waals surface area contributed by atoms with Gasteiger partial charge in [0.15, 0.2) is 6.29 Å². The lowest BCUT2D eigenvalue weighted by Gasteiger charge is -2.09. The van der Waals surface area contributed by atoms with E-state index in [0.717, 1.165) is 6.42 Å². The first kappa shape index (κ1) is 10.5. The molecule has 1 aromatic heterocycles. The molecule has 14 heavy (non-hydrogen) atoms. The first-order valence-electron chi connectivity index (χ1n) is 4.62. The highest BCUT2D eigenvalue weighted by Crippen LogP contribution is 2.00. The molecule has 0 saturated heterocycles. The molecule has 1 rings (SSSR count). The Labute approximate surface area is 82.7 Å². The minimum atomic E-state index is -0.174. The maximum Gasteiger partial charge on any atom is 0.267 e. The van der Waals surface area contributed by atoms with Crippen LogP contribution in [-0.2, 0) is 0 Å². The fraction of sp³-hybridized carbons (Fsp3) is 0.400. The minimum absolute atomic E-state index is 0.144. The van der Waals surface area contributed by atoms with Crippen LogP contribution in [0.5, 0.6) is 0 Å². The highest BCUT2D eigenvalue weighted by atomic mass is 16.2. The molecule has 1 heterocycles. The molecule has 0 aliphatic carbocycles. The van der Waals surface area contributed by atoms with E-state index < -0.39 is 0 Å². The van der Waals surface area contributed by atoms with E-state index in [9.17, 15) is 9.59 Å². The van der Waals surface area contributed by atoms with Crippen LogP contribution in [0.1, 0.15) is 41.2 Å². The second kappa shape index (κ2) is 4.60. The van der Waals surface area contributed by atoms with Crippen molar-refractivity contribution in [1.82, 2.24) is 10.3 Å². The van der Waals surface area contributed by atoms with Gasteiger partial charge in [0, 0.05) is 6.04 Å². The van der Waals surface area contributed by atoms with Crippen molar-refractivity contribution in [3.8, 4) is 0 Å². The van der Waals surface area contributed by atoms with E-state index >= 15 is 0 Å². The maximum absolute atomic E-state index is 11.5. The molecular weight excluding hydrogens is 180 g/mol. The summed E-state index contributed by atoms with van der Waals surface area (Å²) < 4.78 is 0. The van der Waals surface area contributed by atoms with E-state index in [1.807, 2.05) is 13.8 Å². The topological polar surface area (TPSA) is 62.0 Å². The molecule has 0 aliphatic heterocycles. The monoisotopic (exact) mass is 194 g/mol. The van der Waals surface area contributed by atoms with Gasteiger partial charge < -0.3 is 10.3 Å². The maximum atomic E-state index is 11.5. The lowest BCUT2D eigenvalue weighted by molar-refractivity contribution is 0.0935. The minimum Gasteiger partial charge on any atom is -0.348 e. The molecular formula is C10H14N2O2. The molecule has 2 N–H and O–H groups in total. The van der Waals surface area contributed by atoms with Gasteiger partial charge in [0.05, 0.1) is 5.69 Å². The quantitative estimate of drug-likeness (QED) is 0.711. The third-order valence-electron chi connectivity index (χ3n) is 2.07. The molecule has 1 aromatic rings. The molecule has 1 unspecified atom stereocenters. The Kier molecular flexibility index (Phi) is 3.45. The molecule has 0 aliphatic rings. The Morgan fingerprint density at radius 3 is 2.86 bits per heavy atom. The van der Waals surface area contributed by atoms with Crippen molar-refractivity contribution in [3.05, 3.63) is 23.5 Å². The van der Waals surface area contributed by atoms with Crippen molar-refractivity contribution < 1.29 is 9.59 Å². The number of aromatic amines is 1. The van der Waals surface area contributed by atoms with Gasteiger partial charge in [0.1, 0.15) is 5.69 Å². The van der Waals surface area contributed by atoms with Crippen LogP contribution in [0.2, 0.25) is 0 Å². The van der Waals surface area contributed by atoms with Crippen molar-refractivity contribution in [2.45, 2.75) is 26.3 Å². The molecule has 0 bridgehead atoms. The number of hydrogen-bond acceptors (Lipinski definition) is 2. The number of aldehydes is 1. The summed E-state index contributed by atoms with van der Waals surface area (Å²) in [5, 5.41) is 2.80.